The van der Waals surface area contributed by atoms with Crippen molar-refractivity contribution in [3.05, 3.63) is 60.2 Å². The molecule has 2 bridgehead atoms. The van der Waals surface area contributed by atoms with Crippen molar-refractivity contribution in [1.29, 1.82) is 0 Å². The summed E-state index contributed by atoms with van der Waals surface area (Å²) in [7, 11) is -2.60. The summed E-state index contributed by atoms with van der Waals surface area (Å²) in [4.78, 5) is 0. The van der Waals surface area contributed by atoms with Crippen molar-refractivity contribution in [2.75, 3.05) is 0 Å². The normalized spacial score (nSPS) is 37.3. The van der Waals surface area contributed by atoms with E-state index in [1.807, 2.05) is 0 Å². The molecule has 1 aromatic rings. The van der Waals surface area contributed by atoms with Gasteiger partial charge in [0.25, 0.3) is 0 Å². The molecule has 1 aliphatic carbocycles. The van der Waals surface area contributed by atoms with E-state index in [2.05, 4.69) is 81.2 Å². The van der Waals surface area contributed by atoms with Gasteiger partial charge in [-0.2, -0.15) is 0 Å². The molecule has 2 aliphatic heterocycles. The number of allylic oxidation sites excluding steroid dienone is 4. The Morgan fingerprint density at radius 2 is 1.60 bits per heavy atom. The van der Waals surface area contributed by atoms with Crippen molar-refractivity contribution in [3.63, 3.8) is 0 Å². The zero-order valence-corrected chi connectivity index (χ0v) is 15.2. The van der Waals surface area contributed by atoms with Gasteiger partial charge in [-0.05, 0) is 11.1 Å². The highest BCUT2D eigenvalue weighted by Crippen LogP contribution is 2.56. The summed E-state index contributed by atoms with van der Waals surface area (Å²) in [6.45, 7) is 10.4. The predicted molar refractivity (Wildman–Crippen MR) is 94.3 cm³/mol. The van der Waals surface area contributed by atoms with E-state index in [4.69, 9.17) is 0 Å². The molecule has 0 radical (unpaired) electrons. The Balaban J connectivity index is 2.24. The van der Waals surface area contributed by atoms with Crippen molar-refractivity contribution in [3.8, 4) is 0 Å². The third-order valence-electron chi connectivity index (χ3n) is 6.30. The van der Waals surface area contributed by atoms with Crippen LogP contribution in [0.1, 0.15) is 18.9 Å². The smallest absolute Gasteiger partial charge is 0.0662 e. The first-order valence-corrected chi connectivity index (χ1v) is 14.7. The number of rotatable bonds is 3. The lowest BCUT2D eigenvalue weighted by atomic mass is 9.93. The van der Waals surface area contributed by atoms with Crippen molar-refractivity contribution in [2.24, 2.45) is 0 Å². The lowest BCUT2D eigenvalue weighted by Gasteiger charge is -2.60. The molecule has 0 spiro atoms. The fraction of sp³-hybridized carbons (Fsp3) is 0.444. The van der Waals surface area contributed by atoms with E-state index < -0.39 is 15.2 Å². The van der Waals surface area contributed by atoms with Crippen LogP contribution in [-0.4, -0.2) is 15.2 Å². The van der Waals surface area contributed by atoms with Crippen LogP contribution in [0.25, 0.3) is 0 Å². The molecule has 1 atom stereocenters. The van der Waals surface area contributed by atoms with Gasteiger partial charge < -0.3 is 0 Å². The fourth-order valence-electron chi connectivity index (χ4n) is 4.63. The SMILES string of the molecule is CCC[Si]1(C)C2(c3ccccc3)C=CC(C=C2)[Si]1(C)C. The second-order valence-electron chi connectivity index (χ2n) is 7.28. The third-order valence-corrected chi connectivity index (χ3v) is 26.7. The molecule has 106 valence electrons. The van der Waals surface area contributed by atoms with Gasteiger partial charge in [-0.3, -0.25) is 0 Å². The van der Waals surface area contributed by atoms with Crippen LogP contribution < -0.4 is 0 Å². The van der Waals surface area contributed by atoms with Crippen LogP contribution >= 0.6 is 0 Å². The molecule has 0 N–H and O–H groups in total. The van der Waals surface area contributed by atoms with E-state index in [1.54, 1.807) is 0 Å². The average molecular weight is 299 g/mol. The van der Waals surface area contributed by atoms with Crippen LogP contribution in [0, 0.1) is 0 Å². The molecule has 0 fully saturated rings. The van der Waals surface area contributed by atoms with E-state index in [1.165, 1.54) is 18.0 Å². The first-order valence-electron chi connectivity index (χ1n) is 7.92. The second-order valence-corrected chi connectivity index (χ2v) is 22.6. The van der Waals surface area contributed by atoms with E-state index in [0.29, 0.717) is 0 Å². The molecule has 20 heavy (non-hydrogen) atoms. The number of hydrogen-bond acceptors (Lipinski definition) is 0. The van der Waals surface area contributed by atoms with Crippen LogP contribution in [0.15, 0.2) is 54.6 Å². The summed E-state index contributed by atoms with van der Waals surface area (Å²) < 4.78 is 0. The Morgan fingerprint density at radius 1 is 1.00 bits per heavy atom. The van der Waals surface area contributed by atoms with Gasteiger partial charge >= 0.3 is 0 Å². The van der Waals surface area contributed by atoms with E-state index in [0.717, 1.165) is 5.54 Å². The van der Waals surface area contributed by atoms with Gasteiger partial charge in [0.05, 0.1) is 15.2 Å². The highest BCUT2D eigenvalue weighted by Gasteiger charge is 2.62. The lowest BCUT2D eigenvalue weighted by molar-refractivity contribution is 0.840. The zero-order valence-electron chi connectivity index (χ0n) is 13.2. The molecule has 2 heterocycles. The van der Waals surface area contributed by atoms with Crippen molar-refractivity contribution >= 4 is 15.2 Å². The van der Waals surface area contributed by atoms with Gasteiger partial charge in [0, 0.05) is 5.04 Å². The maximum atomic E-state index is 2.70. The van der Waals surface area contributed by atoms with Gasteiger partial charge in [-0.15, -0.1) is 0 Å². The minimum Gasteiger partial charge on any atom is -0.0837 e. The maximum Gasteiger partial charge on any atom is 0.0662 e. The number of hydrogen-bond donors (Lipinski definition) is 0. The molecule has 1 unspecified atom stereocenters. The van der Waals surface area contributed by atoms with Crippen LogP contribution in [0.3, 0.4) is 0 Å². The zero-order chi connectivity index (χ0) is 14.4. The van der Waals surface area contributed by atoms with Crippen LogP contribution in [0.2, 0.25) is 31.2 Å². The minimum atomic E-state index is -1.37. The molecule has 0 saturated heterocycles. The Labute approximate surface area is 125 Å². The third kappa shape index (κ3) is 1.58. The monoisotopic (exact) mass is 298 g/mol. The Morgan fingerprint density at radius 3 is 2.15 bits per heavy atom. The predicted octanol–water partition coefficient (Wildman–Crippen LogP) is 5.25. The van der Waals surface area contributed by atoms with E-state index >= 15 is 0 Å². The molecule has 4 rings (SSSR count). The fourth-order valence-corrected chi connectivity index (χ4v) is 21.0. The highest BCUT2D eigenvalue weighted by molar-refractivity contribution is 7.43. The molecular formula is C18H26Si2. The van der Waals surface area contributed by atoms with Gasteiger partial charge in [0.15, 0.2) is 0 Å². The number of benzene rings is 1. The molecule has 0 nitrogen and oxygen atoms in total. The summed E-state index contributed by atoms with van der Waals surface area (Å²) >= 11 is 0. The van der Waals surface area contributed by atoms with Crippen LogP contribution in [0.4, 0.5) is 0 Å². The summed E-state index contributed by atoms with van der Waals surface area (Å²) in [6.07, 6.45) is 11.6. The summed E-state index contributed by atoms with van der Waals surface area (Å²) in [5, 5.41) is 0.259. The van der Waals surface area contributed by atoms with Gasteiger partial charge in [0.2, 0.25) is 0 Å². The lowest BCUT2D eigenvalue weighted by Crippen LogP contribution is -2.73. The number of fused-ring (bicyclic) bond motifs is 1. The summed E-state index contributed by atoms with van der Waals surface area (Å²) in [5.74, 6) is 0. The molecule has 1 aromatic carbocycles. The Hall–Kier alpha value is -0.866. The standard InChI is InChI=1S/C18H26Si2/c1-5-15-20(4)18(16-9-7-6-8-10-16)13-11-17(12-14-18)19(20,2)3/h6-14,17H,5,15H2,1-4H3. The quantitative estimate of drug-likeness (QED) is 0.528. The van der Waals surface area contributed by atoms with Crippen molar-refractivity contribution in [1.82, 2.24) is 0 Å². The van der Waals surface area contributed by atoms with Gasteiger partial charge in [-0.1, -0.05) is 93.7 Å². The van der Waals surface area contributed by atoms with Crippen molar-refractivity contribution < 1.29 is 0 Å². The van der Waals surface area contributed by atoms with E-state index in [9.17, 15) is 0 Å². The Bertz CT molecular complexity index is 542. The van der Waals surface area contributed by atoms with E-state index in [-0.39, 0.29) is 5.04 Å². The highest BCUT2D eigenvalue weighted by atomic mass is 29.3. The maximum absolute atomic E-state index is 2.70. The van der Waals surface area contributed by atoms with Crippen molar-refractivity contribution in [2.45, 2.75) is 49.6 Å². The topological polar surface area (TPSA) is 0 Å². The van der Waals surface area contributed by atoms with Gasteiger partial charge in [-0.25, -0.2) is 0 Å². The molecule has 2 heteroatoms. The first kappa shape index (κ1) is 14.1. The van der Waals surface area contributed by atoms with Gasteiger partial charge in [0.1, 0.15) is 0 Å². The summed E-state index contributed by atoms with van der Waals surface area (Å²) in [5.41, 5.74) is 2.31. The minimum absolute atomic E-state index is 0.259. The second kappa shape index (κ2) is 4.57. The molecule has 0 amide bonds. The Kier molecular flexibility index (Phi) is 3.22. The largest absolute Gasteiger partial charge is 0.0837 e. The van der Waals surface area contributed by atoms with Crippen LogP contribution in [0.5, 0.6) is 0 Å². The van der Waals surface area contributed by atoms with Crippen LogP contribution in [-0.2, 0) is 5.04 Å². The molecular weight excluding hydrogens is 272 g/mol. The first-order chi connectivity index (χ1) is 9.48. The summed E-state index contributed by atoms with van der Waals surface area (Å²) in [6, 6.07) is 12.7. The molecule has 0 aromatic heterocycles. The molecule has 3 aliphatic rings. The molecule has 0 saturated carbocycles. The average Bonchev–Trinajstić information content (AvgIpc) is 2.46.